The first-order chi connectivity index (χ1) is 11.8. The molecule has 1 N–H and O–H groups in total. The third kappa shape index (κ3) is 3.34. The Morgan fingerprint density at radius 3 is 2.88 bits per heavy atom. The van der Waals surface area contributed by atoms with E-state index >= 15 is 0 Å². The van der Waals surface area contributed by atoms with Gasteiger partial charge in [-0.2, -0.15) is 0 Å². The van der Waals surface area contributed by atoms with Gasteiger partial charge in [0.05, 0.1) is 17.6 Å². The molecule has 0 unspecified atom stereocenters. The lowest BCUT2D eigenvalue weighted by Crippen LogP contribution is -2.28. The Balaban J connectivity index is 1.38. The van der Waals surface area contributed by atoms with Crippen molar-refractivity contribution in [2.24, 2.45) is 0 Å². The molecule has 4 rings (SSSR count). The Labute approximate surface area is 141 Å². The summed E-state index contributed by atoms with van der Waals surface area (Å²) in [7, 11) is 0. The zero-order chi connectivity index (χ0) is 16.4. The number of aryl methyl sites for hydroxylation is 1. The summed E-state index contributed by atoms with van der Waals surface area (Å²) in [6, 6.07) is 12.2. The maximum Gasteiger partial charge on any atom is 0.127 e. The number of nitrogens with zero attached hydrogens (tertiary/aromatic N) is 2. The lowest BCUT2D eigenvalue weighted by molar-refractivity contribution is 0.281. The average Bonchev–Trinajstić information content (AvgIpc) is 3.19. The van der Waals surface area contributed by atoms with Gasteiger partial charge >= 0.3 is 0 Å². The van der Waals surface area contributed by atoms with Gasteiger partial charge in [-0.15, -0.1) is 0 Å². The van der Waals surface area contributed by atoms with E-state index in [-0.39, 0.29) is 0 Å². The molecule has 2 aromatic heterocycles. The normalized spacial score (nSPS) is 16.1. The van der Waals surface area contributed by atoms with Gasteiger partial charge < -0.3 is 9.40 Å². The van der Waals surface area contributed by atoms with E-state index in [9.17, 15) is 0 Å². The molecule has 0 saturated carbocycles. The highest BCUT2D eigenvalue weighted by Gasteiger charge is 2.12. The van der Waals surface area contributed by atoms with Gasteiger partial charge in [0.1, 0.15) is 17.3 Å². The molecule has 0 bridgehead atoms. The van der Waals surface area contributed by atoms with Gasteiger partial charge in [0, 0.05) is 13.1 Å². The summed E-state index contributed by atoms with van der Waals surface area (Å²) < 4.78 is 5.57. The number of H-pyrrole nitrogens is 1. The predicted molar refractivity (Wildman–Crippen MR) is 96.5 cm³/mol. The zero-order valence-corrected chi connectivity index (χ0v) is 13.8. The van der Waals surface area contributed by atoms with E-state index in [1.807, 2.05) is 43.3 Å². The van der Waals surface area contributed by atoms with E-state index in [4.69, 9.17) is 4.42 Å². The van der Waals surface area contributed by atoms with E-state index in [0.717, 1.165) is 54.4 Å². The summed E-state index contributed by atoms with van der Waals surface area (Å²) in [5.74, 6) is 2.90. The number of rotatable bonds is 4. The number of hydrogen-bond acceptors (Lipinski definition) is 3. The Kier molecular flexibility index (Phi) is 4.05. The molecular formula is C20H21N3O. The van der Waals surface area contributed by atoms with Gasteiger partial charge in [0.25, 0.3) is 0 Å². The summed E-state index contributed by atoms with van der Waals surface area (Å²) in [6.45, 7) is 4.82. The number of aromatic amines is 1. The van der Waals surface area contributed by atoms with Crippen LogP contribution in [0.3, 0.4) is 0 Å². The molecule has 3 heterocycles. The average molecular weight is 319 g/mol. The smallest absolute Gasteiger partial charge is 0.127 e. The van der Waals surface area contributed by atoms with Crippen LogP contribution in [-0.2, 0) is 6.54 Å². The molecule has 1 aromatic carbocycles. The van der Waals surface area contributed by atoms with Crippen LogP contribution in [0.4, 0.5) is 0 Å². The SMILES string of the molecule is Cc1ccc(C=CC2=CCN(Cc3nc4ccccc4[nH]3)CC2)o1. The molecule has 4 nitrogen and oxygen atoms in total. The second kappa shape index (κ2) is 6.49. The Morgan fingerprint density at radius 2 is 2.12 bits per heavy atom. The topological polar surface area (TPSA) is 45.1 Å². The second-order valence-corrected chi connectivity index (χ2v) is 6.25. The van der Waals surface area contributed by atoms with E-state index < -0.39 is 0 Å². The van der Waals surface area contributed by atoms with Crippen molar-refractivity contribution in [1.82, 2.24) is 14.9 Å². The molecule has 4 heteroatoms. The van der Waals surface area contributed by atoms with Crippen LogP contribution in [0.25, 0.3) is 17.1 Å². The quantitative estimate of drug-likeness (QED) is 0.779. The lowest BCUT2D eigenvalue weighted by Gasteiger charge is -2.24. The van der Waals surface area contributed by atoms with E-state index in [1.54, 1.807) is 0 Å². The number of benzene rings is 1. The van der Waals surface area contributed by atoms with Crippen molar-refractivity contribution in [2.45, 2.75) is 19.9 Å². The first kappa shape index (κ1) is 15.0. The van der Waals surface area contributed by atoms with Gasteiger partial charge in [-0.05, 0) is 49.3 Å². The second-order valence-electron chi connectivity index (χ2n) is 6.25. The summed E-state index contributed by atoms with van der Waals surface area (Å²) in [4.78, 5) is 10.5. The molecule has 0 radical (unpaired) electrons. The number of allylic oxidation sites excluding steroid dienone is 1. The molecule has 24 heavy (non-hydrogen) atoms. The minimum absolute atomic E-state index is 0.861. The maximum absolute atomic E-state index is 5.57. The zero-order valence-electron chi connectivity index (χ0n) is 13.8. The third-order valence-corrected chi connectivity index (χ3v) is 4.36. The Hall–Kier alpha value is -2.59. The Bertz CT molecular complexity index is 867. The monoisotopic (exact) mass is 319 g/mol. The minimum atomic E-state index is 0.861. The van der Waals surface area contributed by atoms with Crippen molar-refractivity contribution in [3.63, 3.8) is 0 Å². The van der Waals surface area contributed by atoms with Gasteiger partial charge in [-0.3, -0.25) is 4.90 Å². The molecule has 0 spiro atoms. The third-order valence-electron chi connectivity index (χ3n) is 4.36. The van der Waals surface area contributed by atoms with Gasteiger partial charge in [0.2, 0.25) is 0 Å². The molecule has 1 aliphatic heterocycles. The molecule has 0 atom stereocenters. The molecule has 122 valence electrons. The predicted octanol–water partition coefficient (Wildman–Crippen LogP) is 4.31. The highest BCUT2D eigenvalue weighted by atomic mass is 16.3. The number of hydrogen-bond donors (Lipinski definition) is 1. The molecule has 0 amide bonds. The van der Waals surface area contributed by atoms with E-state index in [2.05, 4.69) is 33.1 Å². The Morgan fingerprint density at radius 1 is 1.21 bits per heavy atom. The summed E-state index contributed by atoms with van der Waals surface area (Å²) >= 11 is 0. The van der Waals surface area contributed by atoms with Crippen molar-refractivity contribution in [3.05, 3.63) is 71.5 Å². The fraction of sp³-hybridized carbons (Fsp3) is 0.250. The van der Waals surface area contributed by atoms with Crippen LogP contribution in [0.2, 0.25) is 0 Å². The molecule has 1 aliphatic rings. The molecule has 3 aromatic rings. The summed E-state index contributed by atoms with van der Waals surface area (Å²) in [6.07, 6.45) is 7.55. The molecular weight excluding hydrogens is 298 g/mol. The first-order valence-corrected chi connectivity index (χ1v) is 8.36. The van der Waals surface area contributed by atoms with Crippen molar-refractivity contribution < 1.29 is 4.42 Å². The van der Waals surface area contributed by atoms with Crippen LogP contribution >= 0.6 is 0 Å². The summed E-state index contributed by atoms with van der Waals surface area (Å²) in [5.41, 5.74) is 3.51. The number of imidazole rings is 1. The van der Waals surface area contributed by atoms with Crippen molar-refractivity contribution in [1.29, 1.82) is 0 Å². The lowest BCUT2D eigenvalue weighted by atomic mass is 10.1. The van der Waals surface area contributed by atoms with Crippen molar-refractivity contribution >= 4 is 17.1 Å². The van der Waals surface area contributed by atoms with Crippen molar-refractivity contribution in [2.75, 3.05) is 13.1 Å². The van der Waals surface area contributed by atoms with Crippen LogP contribution in [0.15, 0.2) is 58.5 Å². The minimum Gasteiger partial charge on any atom is -0.462 e. The highest BCUT2D eigenvalue weighted by Crippen LogP contribution is 2.17. The molecule has 0 saturated heterocycles. The molecule has 0 fully saturated rings. The standard InChI is InChI=1S/C20H21N3O/c1-15-6-8-17(24-15)9-7-16-10-12-23(13-11-16)14-20-21-18-4-2-3-5-19(18)22-20/h2-10H,11-14H2,1H3,(H,21,22). The van der Waals surface area contributed by atoms with Crippen LogP contribution in [0.1, 0.15) is 23.8 Å². The number of para-hydroxylation sites is 2. The van der Waals surface area contributed by atoms with Gasteiger partial charge in [-0.1, -0.05) is 24.3 Å². The fourth-order valence-electron chi connectivity index (χ4n) is 3.05. The van der Waals surface area contributed by atoms with Crippen molar-refractivity contribution in [3.8, 4) is 0 Å². The highest BCUT2D eigenvalue weighted by molar-refractivity contribution is 5.74. The largest absolute Gasteiger partial charge is 0.462 e. The number of aromatic nitrogens is 2. The van der Waals surface area contributed by atoms with Crippen LogP contribution < -0.4 is 0 Å². The van der Waals surface area contributed by atoms with Crippen LogP contribution in [0.5, 0.6) is 0 Å². The van der Waals surface area contributed by atoms with Crippen LogP contribution in [0, 0.1) is 6.92 Å². The molecule has 0 aliphatic carbocycles. The number of furan rings is 1. The first-order valence-electron chi connectivity index (χ1n) is 8.36. The fourth-order valence-corrected chi connectivity index (χ4v) is 3.05. The van der Waals surface area contributed by atoms with Crippen LogP contribution in [-0.4, -0.2) is 28.0 Å². The van der Waals surface area contributed by atoms with E-state index in [1.165, 1.54) is 5.57 Å². The van der Waals surface area contributed by atoms with E-state index in [0.29, 0.717) is 0 Å². The van der Waals surface area contributed by atoms with Gasteiger partial charge in [0.15, 0.2) is 0 Å². The number of nitrogens with one attached hydrogen (secondary N) is 1. The van der Waals surface area contributed by atoms with Gasteiger partial charge in [-0.25, -0.2) is 4.98 Å². The summed E-state index contributed by atoms with van der Waals surface area (Å²) in [5, 5.41) is 0. The maximum atomic E-state index is 5.57. The number of fused-ring (bicyclic) bond motifs is 1.